The smallest absolute Gasteiger partial charge is 0.272 e. The summed E-state index contributed by atoms with van der Waals surface area (Å²) in [6, 6.07) is 6.45. The van der Waals surface area contributed by atoms with Gasteiger partial charge in [-0.15, -0.1) is 0 Å². The molecule has 0 aromatic carbocycles. The zero-order chi connectivity index (χ0) is 18.5. The van der Waals surface area contributed by atoms with E-state index in [0.29, 0.717) is 16.5 Å². The summed E-state index contributed by atoms with van der Waals surface area (Å²) in [5, 5.41) is 4.19. The van der Waals surface area contributed by atoms with Crippen molar-refractivity contribution in [1.29, 1.82) is 0 Å². The van der Waals surface area contributed by atoms with Crippen molar-refractivity contribution in [3.05, 3.63) is 47.7 Å². The molecule has 10 heteroatoms. The second-order valence-electron chi connectivity index (χ2n) is 5.09. The fourth-order valence-corrected chi connectivity index (χ4v) is 2.13. The van der Waals surface area contributed by atoms with Crippen molar-refractivity contribution in [1.82, 2.24) is 20.1 Å². The van der Waals surface area contributed by atoms with E-state index in [1.165, 1.54) is 12.4 Å². The molecule has 26 heavy (non-hydrogen) atoms. The highest BCUT2D eigenvalue weighted by atomic mass is 35.5. The van der Waals surface area contributed by atoms with Gasteiger partial charge >= 0.3 is 0 Å². The van der Waals surface area contributed by atoms with Crippen molar-refractivity contribution in [3.8, 4) is 23.0 Å². The van der Waals surface area contributed by atoms with Gasteiger partial charge in [0, 0.05) is 6.20 Å². The molecule has 0 fully saturated rings. The minimum Gasteiger partial charge on any atom is -0.479 e. The van der Waals surface area contributed by atoms with Gasteiger partial charge in [0.25, 0.3) is 12.3 Å². The first-order valence-corrected chi connectivity index (χ1v) is 7.89. The molecule has 0 amide bonds. The number of aromatic nitrogens is 4. The van der Waals surface area contributed by atoms with Crippen LogP contribution in [0.25, 0.3) is 11.4 Å². The van der Waals surface area contributed by atoms with Crippen LogP contribution in [0.4, 0.5) is 8.78 Å². The Morgan fingerprint density at radius 1 is 1.23 bits per heavy atom. The van der Waals surface area contributed by atoms with Gasteiger partial charge in [0.2, 0.25) is 11.7 Å². The second-order valence-corrected chi connectivity index (χ2v) is 5.48. The zero-order valence-corrected chi connectivity index (χ0v) is 14.2. The predicted octanol–water partition coefficient (Wildman–Crippen LogP) is 3.96. The molecule has 0 saturated heterocycles. The first kappa shape index (κ1) is 18.0. The molecule has 3 heterocycles. The molecule has 1 atom stereocenters. The lowest BCUT2D eigenvalue weighted by Gasteiger charge is -2.10. The van der Waals surface area contributed by atoms with Gasteiger partial charge in [0.15, 0.2) is 12.7 Å². The molecule has 0 unspecified atom stereocenters. The van der Waals surface area contributed by atoms with E-state index in [4.69, 9.17) is 25.6 Å². The summed E-state index contributed by atoms with van der Waals surface area (Å²) >= 11 is 5.72. The van der Waals surface area contributed by atoms with Crippen molar-refractivity contribution < 1.29 is 22.8 Å². The van der Waals surface area contributed by atoms with Crippen molar-refractivity contribution in [2.45, 2.75) is 19.5 Å². The quantitative estimate of drug-likeness (QED) is 0.572. The molecule has 0 aliphatic heterocycles. The molecule has 0 radical (unpaired) electrons. The summed E-state index contributed by atoms with van der Waals surface area (Å²) in [4.78, 5) is 12.1. The summed E-state index contributed by atoms with van der Waals surface area (Å²) in [5.41, 5.74) is 0.337. The maximum Gasteiger partial charge on any atom is 0.272 e. The number of hydrogen-bond donors (Lipinski definition) is 0. The van der Waals surface area contributed by atoms with Crippen molar-refractivity contribution >= 4 is 11.6 Å². The first-order valence-electron chi connectivity index (χ1n) is 7.51. The van der Waals surface area contributed by atoms with E-state index in [-0.39, 0.29) is 17.6 Å². The summed E-state index contributed by atoms with van der Waals surface area (Å²) in [6.45, 7) is 0.932. The topological polar surface area (TPSA) is 83.2 Å². The van der Waals surface area contributed by atoms with E-state index in [9.17, 15) is 8.78 Å². The average Bonchev–Trinajstić information content (AvgIpc) is 3.12. The minimum absolute atomic E-state index is 0.00405. The van der Waals surface area contributed by atoms with Crippen LogP contribution in [0.2, 0.25) is 5.15 Å². The Kier molecular flexibility index (Phi) is 5.57. The Morgan fingerprint density at radius 2 is 2.08 bits per heavy atom. The van der Waals surface area contributed by atoms with Gasteiger partial charge in [0.05, 0.1) is 11.8 Å². The average molecular weight is 383 g/mol. The van der Waals surface area contributed by atoms with Gasteiger partial charge < -0.3 is 14.0 Å². The standard InChI is InChI=1S/C16H13ClF2N4O3/c1-9(25-10-4-5-12(17)21-7-10)15-22-14(23-26-15)11-3-2-6-20-16(11)24-8-13(18)19/h2-7,9,13H,8H2,1H3/t9-/m0/s1. The SMILES string of the molecule is C[C@H](Oc1ccc(Cl)nc1)c1nc(-c2cccnc2OCC(F)F)no1. The molecule has 0 aliphatic carbocycles. The molecule has 3 aromatic rings. The Morgan fingerprint density at radius 3 is 2.81 bits per heavy atom. The van der Waals surface area contributed by atoms with E-state index >= 15 is 0 Å². The lowest BCUT2D eigenvalue weighted by atomic mass is 10.2. The van der Waals surface area contributed by atoms with Crippen LogP contribution in [0.15, 0.2) is 41.2 Å². The van der Waals surface area contributed by atoms with E-state index in [0.717, 1.165) is 0 Å². The number of hydrogen-bond acceptors (Lipinski definition) is 7. The van der Waals surface area contributed by atoms with Crippen LogP contribution in [0.5, 0.6) is 11.6 Å². The minimum atomic E-state index is -2.62. The first-order chi connectivity index (χ1) is 12.5. The Labute approximate surface area is 151 Å². The van der Waals surface area contributed by atoms with Crippen LogP contribution in [-0.4, -0.2) is 33.1 Å². The van der Waals surface area contributed by atoms with Crippen LogP contribution in [0.3, 0.4) is 0 Å². The highest BCUT2D eigenvalue weighted by molar-refractivity contribution is 6.29. The summed E-state index contributed by atoms with van der Waals surface area (Å²) in [7, 11) is 0. The Hall–Kier alpha value is -2.81. The normalized spacial score (nSPS) is 12.2. The number of ether oxygens (including phenoxy) is 2. The number of alkyl halides is 2. The van der Waals surface area contributed by atoms with Crippen molar-refractivity contribution in [2.75, 3.05) is 6.61 Å². The largest absolute Gasteiger partial charge is 0.479 e. The monoisotopic (exact) mass is 382 g/mol. The van der Waals surface area contributed by atoms with Crippen LogP contribution < -0.4 is 9.47 Å². The molecule has 3 rings (SSSR count). The molecule has 0 bridgehead atoms. The second kappa shape index (κ2) is 8.05. The molecule has 0 aliphatic rings. The van der Waals surface area contributed by atoms with Crippen LogP contribution in [-0.2, 0) is 0 Å². The van der Waals surface area contributed by atoms with Crippen LogP contribution >= 0.6 is 11.6 Å². The molecule has 3 aromatic heterocycles. The van der Waals surface area contributed by atoms with Crippen LogP contribution in [0.1, 0.15) is 18.9 Å². The number of pyridine rings is 2. The van der Waals surface area contributed by atoms with Gasteiger partial charge in [-0.05, 0) is 31.2 Å². The number of rotatable bonds is 7. The third-order valence-electron chi connectivity index (χ3n) is 3.16. The van der Waals surface area contributed by atoms with E-state index in [2.05, 4.69) is 20.1 Å². The highest BCUT2D eigenvalue weighted by Gasteiger charge is 2.20. The van der Waals surface area contributed by atoms with Crippen molar-refractivity contribution in [3.63, 3.8) is 0 Å². The molecule has 7 nitrogen and oxygen atoms in total. The van der Waals surface area contributed by atoms with Gasteiger partial charge in [-0.25, -0.2) is 18.7 Å². The molecule has 136 valence electrons. The van der Waals surface area contributed by atoms with E-state index in [1.807, 2.05) is 0 Å². The molecule has 0 N–H and O–H groups in total. The van der Waals surface area contributed by atoms with Crippen molar-refractivity contribution in [2.24, 2.45) is 0 Å². The maximum atomic E-state index is 12.4. The molecular formula is C16H13ClF2N4O3. The Balaban J connectivity index is 1.76. The van der Waals surface area contributed by atoms with Gasteiger partial charge in [-0.2, -0.15) is 4.98 Å². The number of nitrogens with zero attached hydrogens (tertiary/aromatic N) is 4. The van der Waals surface area contributed by atoms with Gasteiger partial charge in [-0.3, -0.25) is 0 Å². The van der Waals surface area contributed by atoms with Gasteiger partial charge in [-0.1, -0.05) is 16.8 Å². The fraction of sp³-hybridized carbons (Fsp3) is 0.250. The molecule has 0 saturated carbocycles. The summed E-state index contributed by atoms with van der Waals surface area (Å²) in [5.74, 6) is 0.820. The maximum absolute atomic E-state index is 12.4. The van der Waals surface area contributed by atoms with Gasteiger partial charge in [0.1, 0.15) is 10.9 Å². The third-order valence-corrected chi connectivity index (χ3v) is 3.38. The zero-order valence-electron chi connectivity index (χ0n) is 13.5. The summed E-state index contributed by atoms with van der Waals surface area (Å²) in [6.07, 6.45) is -0.300. The fourth-order valence-electron chi connectivity index (χ4n) is 2.01. The lowest BCUT2D eigenvalue weighted by Crippen LogP contribution is -2.09. The predicted molar refractivity (Wildman–Crippen MR) is 87.3 cm³/mol. The lowest BCUT2D eigenvalue weighted by molar-refractivity contribution is 0.0799. The Bertz CT molecular complexity index is 861. The third kappa shape index (κ3) is 4.42. The number of halogens is 3. The molecule has 0 spiro atoms. The highest BCUT2D eigenvalue weighted by Crippen LogP contribution is 2.28. The molecular weight excluding hydrogens is 370 g/mol. The van der Waals surface area contributed by atoms with E-state index in [1.54, 1.807) is 31.2 Å². The van der Waals surface area contributed by atoms with Crippen LogP contribution in [0, 0.1) is 0 Å². The van der Waals surface area contributed by atoms with E-state index < -0.39 is 19.1 Å². The summed E-state index contributed by atoms with van der Waals surface area (Å²) < 4.78 is 40.6.